The van der Waals surface area contributed by atoms with Crippen LogP contribution in [0.5, 0.6) is 0 Å². The van der Waals surface area contributed by atoms with Crippen LogP contribution in [0.25, 0.3) is 0 Å². The Morgan fingerprint density at radius 1 is 1.32 bits per heavy atom. The minimum Gasteiger partial charge on any atom is -0.338 e. The molecule has 0 unspecified atom stereocenters. The largest absolute Gasteiger partial charge is 0.471 e. The predicted molar refractivity (Wildman–Crippen MR) is 75.7 cm³/mol. The van der Waals surface area contributed by atoms with E-state index < -0.39 is 12.1 Å². The van der Waals surface area contributed by atoms with E-state index in [0.29, 0.717) is 24.4 Å². The van der Waals surface area contributed by atoms with E-state index in [0.717, 1.165) is 0 Å². The first kappa shape index (κ1) is 18.0. The van der Waals surface area contributed by atoms with Crippen molar-refractivity contribution in [2.45, 2.75) is 26.9 Å². The van der Waals surface area contributed by atoms with Gasteiger partial charge < -0.3 is 10.2 Å². The van der Waals surface area contributed by atoms with Crippen molar-refractivity contribution in [2.24, 2.45) is 0 Å². The summed E-state index contributed by atoms with van der Waals surface area (Å²) in [5.41, 5.74) is 0.139. The van der Waals surface area contributed by atoms with Gasteiger partial charge in [-0.15, -0.1) is 11.3 Å². The van der Waals surface area contributed by atoms with Gasteiger partial charge in [0.15, 0.2) is 0 Å². The molecule has 9 heteroatoms. The second kappa shape index (κ2) is 6.79. The van der Waals surface area contributed by atoms with Crippen LogP contribution in [0.15, 0.2) is 0 Å². The Bertz CT molecular complexity index is 628. The molecule has 0 spiro atoms. The van der Waals surface area contributed by atoms with Crippen molar-refractivity contribution >= 4 is 28.2 Å². The Balaban J connectivity index is 3.23. The maximum absolute atomic E-state index is 12.3. The zero-order chi connectivity index (χ0) is 17.1. The van der Waals surface area contributed by atoms with Gasteiger partial charge in [-0.25, -0.2) is 0 Å². The van der Waals surface area contributed by atoms with Crippen molar-refractivity contribution in [2.75, 3.05) is 18.4 Å². The van der Waals surface area contributed by atoms with Gasteiger partial charge in [-0.3, -0.25) is 9.59 Å². The van der Waals surface area contributed by atoms with Crippen LogP contribution in [-0.2, 0) is 4.79 Å². The third-order valence-electron chi connectivity index (χ3n) is 2.99. The smallest absolute Gasteiger partial charge is 0.338 e. The Kier molecular flexibility index (Phi) is 5.54. The van der Waals surface area contributed by atoms with E-state index in [1.807, 2.05) is 0 Å². The van der Waals surface area contributed by atoms with Crippen molar-refractivity contribution < 1.29 is 22.8 Å². The summed E-state index contributed by atoms with van der Waals surface area (Å²) in [6, 6.07) is 1.73. The first-order valence-electron chi connectivity index (χ1n) is 6.38. The number of hydrogen-bond donors (Lipinski definition) is 1. The molecule has 0 radical (unpaired) electrons. The molecular weight excluding hydrogens is 319 g/mol. The van der Waals surface area contributed by atoms with Crippen LogP contribution < -0.4 is 5.32 Å². The first-order chi connectivity index (χ1) is 10.2. The SMILES string of the molecule is CCN(CC)C(=O)c1sc(NC(=O)C(F)(F)F)c(C#N)c1C. The van der Waals surface area contributed by atoms with Crippen LogP contribution >= 0.6 is 11.3 Å². The number of amides is 2. The average Bonchev–Trinajstić information content (AvgIpc) is 2.75. The molecule has 0 saturated carbocycles. The minimum absolute atomic E-state index is 0.127. The molecule has 1 N–H and O–H groups in total. The summed E-state index contributed by atoms with van der Waals surface area (Å²) in [5, 5.41) is 10.5. The van der Waals surface area contributed by atoms with Crippen molar-refractivity contribution in [1.29, 1.82) is 5.26 Å². The lowest BCUT2D eigenvalue weighted by molar-refractivity contribution is -0.167. The zero-order valence-electron chi connectivity index (χ0n) is 12.2. The van der Waals surface area contributed by atoms with Crippen LogP contribution in [0, 0.1) is 18.3 Å². The maximum atomic E-state index is 12.3. The number of nitrogens with one attached hydrogen (secondary N) is 1. The third-order valence-corrected chi connectivity index (χ3v) is 4.18. The molecule has 0 aliphatic heterocycles. The van der Waals surface area contributed by atoms with Gasteiger partial charge in [0.2, 0.25) is 0 Å². The number of halogens is 3. The van der Waals surface area contributed by atoms with E-state index in [4.69, 9.17) is 5.26 Å². The topological polar surface area (TPSA) is 73.2 Å². The van der Waals surface area contributed by atoms with E-state index in [2.05, 4.69) is 0 Å². The van der Waals surface area contributed by atoms with Gasteiger partial charge in [0.05, 0.1) is 10.4 Å². The van der Waals surface area contributed by atoms with E-state index in [1.54, 1.807) is 25.2 Å². The maximum Gasteiger partial charge on any atom is 0.471 e. The number of nitriles is 1. The van der Waals surface area contributed by atoms with Crippen molar-refractivity contribution in [3.8, 4) is 6.07 Å². The number of carbonyl (C=O) groups excluding carboxylic acids is 2. The molecule has 0 aliphatic carbocycles. The molecule has 0 bridgehead atoms. The monoisotopic (exact) mass is 333 g/mol. The highest BCUT2D eigenvalue weighted by atomic mass is 32.1. The third kappa shape index (κ3) is 3.57. The van der Waals surface area contributed by atoms with Gasteiger partial charge >= 0.3 is 12.1 Å². The van der Waals surface area contributed by atoms with Crippen molar-refractivity contribution in [3.63, 3.8) is 0 Å². The highest BCUT2D eigenvalue weighted by Gasteiger charge is 2.39. The lowest BCUT2D eigenvalue weighted by Gasteiger charge is -2.17. The minimum atomic E-state index is -5.06. The Morgan fingerprint density at radius 3 is 2.27 bits per heavy atom. The number of carbonyl (C=O) groups is 2. The molecule has 0 atom stereocenters. The van der Waals surface area contributed by atoms with Crippen LogP contribution in [-0.4, -0.2) is 36.0 Å². The van der Waals surface area contributed by atoms with E-state index in [1.165, 1.54) is 11.8 Å². The van der Waals surface area contributed by atoms with Gasteiger partial charge in [0.1, 0.15) is 11.1 Å². The summed E-state index contributed by atoms with van der Waals surface area (Å²) in [6.45, 7) is 5.86. The number of thiophene rings is 1. The Hall–Kier alpha value is -2.08. The lowest BCUT2D eigenvalue weighted by Crippen LogP contribution is -2.30. The molecule has 0 saturated heterocycles. The average molecular weight is 333 g/mol. The Morgan fingerprint density at radius 2 is 1.86 bits per heavy atom. The summed E-state index contributed by atoms with van der Waals surface area (Å²) in [5.74, 6) is -2.55. The molecule has 1 aromatic heterocycles. The standard InChI is InChI=1S/C13H14F3N3O2S/c1-4-19(5-2)11(20)9-7(3)8(6-17)10(22-9)18-12(21)13(14,15)16/h4-5H2,1-3H3,(H,18,21). The summed E-state index contributed by atoms with van der Waals surface area (Å²) < 4.78 is 36.9. The quantitative estimate of drug-likeness (QED) is 0.921. The number of rotatable bonds is 4. The number of hydrogen-bond acceptors (Lipinski definition) is 4. The van der Waals surface area contributed by atoms with E-state index >= 15 is 0 Å². The van der Waals surface area contributed by atoms with Gasteiger partial charge in [-0.2, -0.15) is 18.4 Å². The summed E-state index contributed by atoms with van der Waals surface area (Å²) in [4.78, 5) is 24.9. The lowest BCUT2D eigenvalue weighted by atomic mass is 10.1. The summed E-state index contributed by atoms with van der Waals surface area (Å²) >= 11 is 0.677. The normalized spacial score (nSPS) is 11.0. The van der Waals surface area contributed by atoms with Gasteiger partial charge in [-0.1, -0.05) is 0 Å². The van der Waals surface area contributed by atoms with Crippen molar-refractivity contribution in [3.05, 3.63) is 16.0 Å². The van der Waals surface area contributed by atoms with Crippen LogP contribution in [0.1, 0.15) is 34.6 Å². The van der Waals surface area contributed by atoms with Crippen LogP contribution in [0.2, 0.25) is 0 Å². The zero-order valence-corrected chi connectivity index (χ0v) is 13.0. The second-order valence-corrected chi connectivity index (χ2v) is 5.32. The fraction of sp³-hybridized carbons (Fsp3) is 0.462. The molecule has 0 fully saturated rings. The second-order valence-electron chi connectivity index (χ2n) is 4.30. The molecule has 0 aliphatic rings. The number of nitrogens with zero attached hydrogens (tertiary/aromatic N) is 2. The first-order valence-corrected chi connectivity index (χ1v) is 7.19. The molecule has 5 nitrogen and oxygen atoms in total. The molecule has 120 valence electrons. The molecule has 2 amide bonds. The van der Waals surface area contributed by atoms with E-state index in [9.17, 15) is 22.8 Å². The molecule has 0 aromatic carbocycles. The fourth-order valence-electron chi connectivity index (χ4n) is 1.77. The molecule has 22 heavy (non-hydrogen) atoms. The molecular formula is C13H14F3N3O2S. The van der Waals surface area contributed by atoms with Gasteiger partial charge in [-0.05, 0) is 26.3 Å². The number of anilines is 1. The highest BCUT2D eigenvalue weighted by molar-refractivity contribution is 7.18. The molecule has 1 rings (SSSR count). The summed E-state index contributed by atoms with van der Waals surface area (Å²) in [6.07, 6.45) is -5.06. The van der Waals surface area contributed by atoms with Gasteiger partial charge in [0.25, 0.3) is 5.91 Å². The fourth-order valence-corrected chi connectivity index (χ4v) is 2.89. The van der Waals surface area contributed by atoms with Gasteiger partial charge in [0, 0.05) is 13.1 Å². The molecule has 1 heterocycles. The summed E-state index contributed by atoms with van der Waals surface area (Å²) in [7, 11) is 0. The van der Waals surface area contributed by atoms with Crippen LogP contribution in [0.4, 0.5) is 18.2 Å². The predicted octanol–water partition coefficient (Wildman–Crippen LogP) is 2.91. The number of alkyl halides is 3. The van der Waals surface area contributed by atoms with E-state index in [-0.39, 0.29) is 26.9 Å². The van der Waals surface area contributed by atoms with Crippen molar-refractivity contribution in [1.82, 2.24) is 4.90 Å². The van der Waals surface area contributed by atoms with Crippen LogP contribution in [0.3, 0.4) is 0 Å². The Labute approximate surface area is 129 Å². The molecule has 1 aromatic rings. The highest BCUT2D eigenvalue weighted by Crippen LogP contribution is 2.34.